The second kappa shape index (κ2) is 14.3. The van der Waals surface area contributed by atoms with E-state index >= 15 is 0 Å². The molecule has 14 heteroatoms. The third-order valence-electron chi connectivity index (χ3n) is 3.89. The summed E-state index contributed by atoms with van der Waals surface area (Å²) in [6, 6.07) is 19.2. The molecule has 0 radical (unpaired) electrons. The van der Waals surface area contributed by atoms with Crippen LogP contribution >= 0.6 is 0 Å². The van der Waals surface area contributed by atoms with Gasteiger partial charge in [0.25, 0.3) is 11.6 Å². The van der Waals surface area contributed by atoms with E-state index in [1.807, 2.05) is 60.7 Å². The van der Waals surface area contributed by atoms with E-state index in [1.54, 1.807) is 6.92 Å². The number of carbonyl (C=O) groups excluding carboxylic acids is 1. The van der Waals surface area contributed by atoms with Crippen LogP contribution in [-0.4, -0.2) is 69.5 Å². The number of benzene rings is 2. The zero-order chi connectivity index (χ0) is 22.8. The molecule has 2 aromatic heterocycles. The predicted molar refractivity (Wildman–Crippen MR) is 112 cm³/mol. The Morgan fingerprint density at radius 2 is 1.26 bits per heavy atom. The molecule has 34 heavy (non-hydrogen) atoms. The molecule has 13 nitrogen and oxygen atoms in total. The van der Waals surface area contributed by atoms with Crippen LogP contribution in [0.3, 0.4) is 0 Å². The van der Waals surface area contributed by atoms with Gasteiger partial charge in [0, 0.05) is 0 Å². The van der Waals surface area contributed by atoms with Gasteiger partial charge in [-0.3, -0.25) is 0 Å². The summed E-state index contributed by atoms with van der Waals surface area (Å²) in [5.74, 6) is -2.02. The number of tetrazole rings is 2. The number of esters is 1. The number of rotatable bonds is 7. The van der Waals surface area contributed by atoms with Crippen molar-refractivity contribution in [3.8, 4) is 0 Å². The van der Waals surface area contributed by atoms with Gasteiger partial charge in [0.2, 0.25) is 0 Å². The minimum Gasteiger partial charge on any atom is -0.870 e. The summed E-state index contributed by atoms with van der Waals surface area (Å²) in [6.45, 7) is 2.92. The molecule has 2 aromatic carbocycles. The van der Waals surface area contributed by atoms with Crippen molar-refractivity contribution < 1.29 is 43.8 Å². The van der Waals surface area contributed by atoms with E-state index in [1.165, 1.54) is 9.59 Å². The molecule has 2 N–H and O–H groups in total. The summed E-state index contributed by atoms with van der Waals surface area (Å²) in [7, 11) is 0. The molecule has 0 atom stereocenters. The summed E-state index contributed by atoms with van der Waals surface area (Å²) in [5, 5.41) is 30.7. The first-order chi connectivity index (χ1) is 15.5. The van der Waals surface area contributed by atoms with Gasteiger partial charge in [-0.2, -0.15) is 9.59 Å². The normalized spacial score (nSPS) is 9.56. The molecule has 0 amide bonds. The number of aromatic carboxylic acids is 1. The van der Waals surface area contributed by atoms with E-state index in [-0.39, 0.29) is 36.0 Å². The number of carboxylic acids is 1. The fourth-order valence-electron chi connectivity index (χ4n) is 2.48. The van der Waals surface area contributed by atoms with Crippen molar-refractivity contribution >= 4 is 11.9 Å². The topological polar surface area (TPSA) is 181 Å². The predicted octanol–water partition coefficient (Wildman–Crippen LogP) is -1.86. The second-order valence-electron chi connectivity index (χ2n) is 6.28. The summed E-state index contributed by atoms with van der Waals surface area (Å²) in [4.78, 5) is 24.4. The van der Waals surface area contributed by atoms with Gasteiger partial charge in [0.05, 0.1) is 19.7 Å². The molecule has 2 heterocycles. The number of ether oxygens (including phenoxy) is 1. The Hall–Kier alpha value is -3.92. The van der Waals surface area contributed by atoms with E-state index in [2.05, 4.69) is 30.8 Å². The molecule has 0 aliphatic heterocycles. The van der Waals surface area contributed by atoms with Crippen molar-refractivity contribution in [1.29, 1.82) is 0 Å². The summed E-state index contributed by atoms with van der Waals surface area (Å²) >= 11 is 0. The van der Waals surface area contributed by atoms with Gasteiger partial charge in [0.1, 0.15) is 0 Å². The van der Waals surface area contributed by atoms with Crippen LogP contribution < -0.4 is 18.9 Å². The van der Waals surface area contributed by atoms with Crippen molar-refractivity contribution in [2.45, 2.75) is 20.0 Å². The maximum atomic E-state index is 11.3. The molecule has 0 bridgehead atoms. The van der Waals surface area contributed by atoms with Crippen LogP contribution in [0.25, 0.3) is 0 Å². The van der Waals surface area contributed by atoms with Crippen molar-refractivity contribution in [2.24, 2.45) is 0 Å². The molecule has 0 saturated heterocycles. The molecule has 0 aliphatic carbocycles. The van der Waals surface area contributed by atoms with Crippen LogP contribution in [0, 0.1) is 0 Å². The third-order valence-corrected chi connectivity index (χ3v) is 3.89. The molecule has 172 valence electrons. The third kappa shape index (κ3) is 8.55. The number of hydrogen-bond donors (Lipinski definition) is 1. The smallest absolute Gasteiger partial charge is 0.870 e. The molecular formula is C20H21LiN8O5. The van der Waals surface area contributed by atoms with Crippen LogP contribution in [0.2, 0.25) is 0 Å². The largest absolute Gasteiger partial charge is 1.00 e. The van der Waals surface area contributed by atoms with Crippen LogP contribution in [-0.2, 0) is 17.8 Å². The molecule has 0 unspecified atom stereocenters. The summed E-state index contributed by atoms with van der Waals surface area (Å²) in [6.07, 6.45) is 0. The van der Waals surface area contributed by atoms with E-state index in [9.17, 15) is 9.59 Å². The average Bonchev–Trinajstić information content (AvgIpc) is 3.46. The van der Waals surface area contributed by atoms with Gasteiger partial charge < -0.3 is 15.3 Å². The molecule has 4 aromatic rings. The zero-order valence-electron chi connectivity index (χ0n) is 18.6. The molecule has 0 spiro atoms. The fraction of sp³-hybridized carbons (Fsp3) is 0.200. The van der Waals surface area contributed by atoms with Crippen molar-refractivity contribution in [2.75, 3.05) is 6.61 Å². The molecule has 0 fully saturated rings. The number of aromatic nitrogens is 8. The SMILES string of the molecule is CCOC(=O)c1nnn(Cc2ccccc2)n1.O=C(O)c1nnn(Cc2ccccc2)n1.[Li+].[OH-]. The van der Waals surface area contributed by atoms with Crippen molar-refractivity contribution in [3.63, 3.8) is 0 Å². The fourth-order valence-corrected chi connectivity index (χ4v) is 2.48. The van der Waals surface area contributed by atoms with Gasteiger partial charge in [-0.25, -0.2) is 9.59 Å². The van der Waals surface area contributed by atoms with E-state index < -0.39 is 11.9 Å². The van der Waals surface area contributed by atoms with Crippen LogP contribution in [0.15, 0.2) is 60.7 Å². The van der Waals surface area contributed by atoms with Gasteiger partial charge in [0.15, 0.2) is 0 Å². The Balaban J connectivity index is 0.000000323. The standard InChI is InChI=1S/C11H12N4O2.C9H8N4O2.Li.H2O/c1-2-17-11(16)10-12-14-15(13-10)8-9-6-4-3-5-7-9;14-9(15)8-10-12-13(11-8)6-7-4-2-1-3-5-7;;/h3-7H,2,8H2,1H3;1-5H,6H2,(H,14,15);;1H2/q;;+1;/p-1. The Labute approximate surface area is 206 Å². The van der Waals surface area contributed by atoms with E-state index in [0.29, 0.717) is 19.7 Å². The number of hydrogen-bond acceptors (Lipinski definition) is 10. The van der Waals surface area contributed by atoms with Crippen LogP contribution in [0.4, 0.5) is 0 Å². The monoisotopic (exact) mass is 460 g/mol. The second-order valence-corrected chi connectivity index (χ2v) is 6.28. The first kappa shape index (κ1) is 28.1. The van der Waals surface area contributed by atoms with Gasteiger partial charge in [-0.15, -0.1) is 20.4 Å². The Morgan fingerprint density at radius 3 is 1.68 bits per heavy atom. The molecule has 4 rings (SSSR count). The van der Waals surface area contributed by atoms with Gasteiger partial charge >= 0.3 is 30.8 Å². The summed E-state index contributed by atoms with van der Waals surface area (Å²) in [5.41, 5.74) is 2.03. The molecule has 0 saturated carbocycles. The maximum Gasteiger partial charge on any atom is 1.00 e. The number of carbonyl (C=O) groups is 2. The summed E-state index contributed by atoms with van der Waals surface area (Å²) < 4.78 is 4.77. The van der Waals surface area contributed by atoms with Crippen LogP contribution in [0.5, 0.6) is 0 Å². The molecule has 0 aliphatic rings. The Morgan fingerprint density at radius 1 is 0.824 bits per heavy atom. The zero-order valence-corrected chi connectivity index (χ0v) is 18.6. The number of nitrogens with zero attached hydrogens (tertiary/aromatic N) is 8. The van der Waals surface area contributed by atoms with Crippen molar-refractivity contribution in [3.05, 3.63) is 83.4 Å². The maximum absolute atomic E-state index is 11.3. The molecular weight excluding hydrogens is 439 g/mol. The van der Waals surface area contributed by atoms with E-state index in [4.69, 9.17) is 9.84 Å². The average molecular weight is 460 g/mol. The van der Waals surface area contributed by atoms with Gasteiger partial charge in [-0.05, 0) is 28.5 Å². The van der Waals surface area contributed by atoms with Gasteiger partial charge in [-0.1, -0.05) is 60.7 Å². The van der Waals surface area contributed by atoms with Crippen LogP contribution in [0.1, 0.15) is 39.3 Å². The first-order valence-corrected chi connectivity index (χ1v) is 9.59. The Bertz CT molecular complexity index is 1150. The quantitative estimate of drug-likeness (QED) is 0.241. The first-order valence-electron chi connectivity index (χ1n) is 9.59. The minimum atomic E-state index is -1.17. The minimum absolute atomic E-state index is 0. The number of carboxylic acid groups (broad SMARTS) is 1. The Kier molecular flexibility index (Phi) is 11.8. The van der Waals surface area contributed by atoms with E-state index in [0.717, 1.165) is 11.1 Å². The van der Waals surface area contributed by atoms with Crippen molar-refractivity contribution in [1.82, 2.24) is 40.4 Å².